The molecule has 0 unspecified atom stereocenters. The van der Waals surface area contributed by atoms with Crippen LogP contribution in [0.5, 0.6) is 0 Å². The van der Waals surface area contributed by atoms with Crippen LogP contribution in [0.3, 0.4) is 0 Å². The minimum absolute atomic E-state index is 0.117. The predicted octanol–water partition coefficient (Wildman–Crippen LogP) is 2.73. The van der Waals surface area contributed by atoms with Crippen molar-refractivity contribution in [2.24, 2.45) is 0 Å². The SMILES string of the molecule is O=C(CCn1cnc2sccc2c1=O)Nc1ccccc1Cn1cccn1. The minimum Gasteiger partial charge on any atom is -0.326 e. The maximum Gasteiger partial charge on any atom is 0.262 e. The van der Waals surface area contributed by atoms with E-state index in [1.54, 1.807) is 16.9 Å². The second-order valence-corrected chi connectivity index (χ2v) is 6.94. The van der Waals surface area contributed by atoms with Gasteiger partial charge in [-0.2, -0.15) is 5.10 Å². The van der Waals surface area contributed by atoms with Crippen molar-refractivity contribution >= 4 is 33.1 Å². The highest BCUT2D eigenvalue weighted by molar-refractivity contribution is 7.16. The molecule has 0 radical (unpaired) electrons. The molecule has 1 aromatic carbocycles. The van der Waals surface area contributed by atoms with Crippen LogP contribution in [0.1, 0.15) is 12.0 Å². The number of amides is 1. The van der Waals surface area contributed by atoms with Gasteiger partial charge >= 0.3 is 0 Å². The van der Waals surface area contributed by atoms with E-state index in [1.165, 1.54) is 22.2 Å². The number of hydrogen-bond donors (Lipinski definition) is 1. The first-order valence-electron chi connectivity index (χ1n) is 8.48. The largest absolute Gasteiger partial charge is 0.326 e. The monoisotopic (exact) mass is 379 g/mol. The molecule has 0 saturated heterocycles. The minimum atomic E-state index is -0.153. The fraction of sp³-hybridized carbons (Fsp3) is 0.158. The highest BCUT2D eigenvalue weighted by Gasteiger charge is 2.10. The number of rotatable bonds is 6. The van der Waals surface area contributed by atoms with Crippen LogP contribution in [0.15, 0.2) is 65.3 Å². The van der Waals surface area contributed by atoms with Gasteiger partial charge in [0.25, 0.3) is 5.56 Å². The van der Waals surface area contributed by atoms with Crippen molar-refractivity contribution in [3.05, 3.63) is 76.4 Å². The molecular formula is C19H17N5O2S. The Morgan fingerprint density at radius 3 is 2.93 bits per heavy atom. The summed E-state index contributed by atoms with van der Waals surface area (Å²) in [5, 5.41) is 9.56. The Hall–Kier alpha value is -3.26. The summed E-state index contributed by atoms with van der Waals surface area (Å²) in [6, 6.07) is 11.2. The number of anilines is 1. The Balaban J connectivity index is 1.43. The van der Waals surface area contributed by atoms with Gasteiger partial charge < -0.3 is 5.32 Å². The van der Waals surface area contributed by atoms with Gasteiger partial charge in [0.2, 0.25) is 5.91 Å². The number of nitrogens with one attached hydrogen (secondary N) is 1. The highest BCUT2D eigenvalue weighted by atomic mass is 32.1. The number of thiophene rings is 1. The number of hydrogen-bond acceptors (Lipinski definition) is 5. The summed E-state index contributed by atoms with van der Waals surface area (Å²) in [6.45, 7) is 0.854. The summed E-state index contributed by atoms with van der Waals surface area (Å²) in [7, 11) is 0. The average Bonchev–Trinajstić information content (AvgIpc) is 3.35. The zero-order chi connectivity index (χ0) is 18.6. The van der Waals surface area contributed by atoms with Crippen LogP contribution in [0.4, 0.5) is 5.69 Å². The fourth-order valence-corrected chi connectivity index (χ4v) is 3.56. The van der Waals surface area contributed by atoms with Gasteiger partial charge in [0.1, 0.15) is 4.83 Å². The zero-order valence-electron chi connectivity index (χ0n) is 14.4. The Morgan fingerprint density at radius 1 is 1.19 bits per heavy atom. The third kappa shape index (κ3) is 3.80. The van der Waals surface area contributed by atoms with Crippen LogP contribution >= 0.6 is 11.3 Å². The van der Waals surface area contributed by atoms with Crippen molar-refractivity contribution < 1.29 is 4.79 Å². The summed E-state index contributed by atoms with van der Waals surface area (Å²) >= 11 is 1.43. The lowest BCUT2D eigenvalue weighted by Gasteiger charge is -2.11. The summed E-state index contributed by atoms with van der Waals surface area (Å²) in [6.07, 6.45) is 5.28. The molecule has 0 saturated carbocycles. The molecule has 136 valence electrons. The van der Waals surface area contributed by atoms with E-state index in [0.29, 0.717) is 16.8 Å². The van der Waals surface area contributed by atoms with E-state index in [2.05, 4.69) is 15.4 Å². The summed E-state index contributed by atoms with van der Waals surface area (Å²) < 4.78 is 3.27. The van der Waals surface area contributed by atoms with Crippen LogP contribution < -0.4 is 10.9 Å². The van der Waals surface area contributed by atoms with Gasteiger partial charge in [0.05, 0.1) is 18.3 Å². The highest BCUT2D eigenvalue weighted by Crippen LogP contribution is 2.17. The fourth-order valence-electron chi connectivity index (χ4n) is 2.84. The van der Waals surface area contributed by atoms with Crippen LogP contribution in [0.2, 0.25) is 0 Å². The number of nitrogens with zero attached hydrogens (tertiary/aromatic N) is 4. The van der Waals surface area contributed by atoms with Crippen LogP contribution in [0.25, 0.3) is 10.2 Å². The lowest BCUT2D eigenvalue weighted by molar-refractivity contribution is -0.116. The second kappa shape index (κ2) is 7.55. The van der Waals surface area contributed by atoms with Crippen LogP contribution in [-0.2, 0) is 17.9 Å². The number of fused-ring (bicyclic) bond motifs is 1. The molecule has 4 aromatic rings. The molecule has 0 bridgehead atoms. The van der Waals surface area contributed by atoms with E-state index in [0.717, 1.165) is 11.3 Å². The molecule has 4 rings (SSSR count). The van der Waals surface area contributed by atoms with Gasteiger partial charge in [0, 0.05) is 31.0 Å². The van der Waals surface area contributed by atoms with Gasteiger partial charge in [-0.3, -0.25) is 18.8 Å². The molecular weight excluding hydrogens is 362 g/mol. The zero-order valence-corrected chi connectivity index (χ0v) is 15.2. The van der Waals surface area contributed by atoms with E-state index in [-0.39, 0.29) is 24.4 Å². The lowest BCUT2D eigenvalue weighted by atomic mass is 10.1. The standard InChI is InChI=1S/C19H17N5O2S/c25-17(6-10-23-13-20-18-15(19(23)26)7-11-27-18)22-16-5-2-1-4-14(16)12-24-9-3-8-21-24/h1-5,7-9,11,13H,6,10,12H2,(H,22,25). The van der Waals surface area contributed by atoms with E-state index in [9.17, 15) is 9.59 Å². The molecule has 0 aliphatic rings. The number of carbonyl (C=O) groups is 1. The third-order valence-electron chi connectivity index (χ3n) is 4.21. The van der Waals surface area contributed by atoms with E-state index in [1.807, 2.05) is 41.9 Å². The molecule has 1 N–H and O–H groups in total. The normalized spacial score (nSPS) is 11.0. The van der Waals surface area contributed by atoms with Crippen molar-refractivity contribution in [1.82, 2.24) is 19.3 Å². The number of carbonyl (C=O) groups excluding carboxylic acids is 1. The Kier molecular flexibility index (Phi) is 4.80. The Bertz CT molecular complexity index is 1130. The first kappa shape index (κ1) is 17.2. The number of aryl methyl sites for hydroxylation is 1. The van der Waals surface area contributed by atoms with Gasteiger partial charge in [-0.15, -0.1) is 11.3 Å². The molecule has 0 aliphatic carbocycles. The van der Waals surface area contributed by atoms with Crippen molar-refractivity contribution in [1.29, 1.82) is 0 Å². The van der Waals surface area contributed by atoms with Gasteiger partial charge in [0.15, 0.2) is 0 Å². The first-order chi connectivity index (χ1) is 13.2. The molecule has 7 nitrogen and oxygen atoms in total. The number of benzene rings is 1. The lowest BCUT2D eigenvalue weighted by Crippen LogP contribution is -2.23. The maximum atomic E-state index is 12.4. The second-order valence-electron chi connectivity index (χ2n) is 6.04. The van der Waals surface area contributed by atoms with Crippen molar-refractivity contribution in [3.8, 4) is 0 Å². The molecule has 27 heavy (non-hydrogen) atoms. The molecule has 8 heteroatoms. The first-order valence-corrected chi connectivity index (χ1v) is 9.36. The van der Waals surface area contributed by atoms with Gasteiger partial charge in [-0.25, -0.2) is 4.98 Å². The summed E-state index contributed by atoms with van der Waals surface area (Å²) in [5.41, 5.74) is 1.60. The smallest absolute Gasteiger partial charge is 0.262 e. The number of aromatic nitrogens is 4. The van der Waals surface area contributed by atoms with Crippen LogP contribution in [-0.4, -0.2) is 25.2 Å². The van der Waals surface area contributed by atoms with E-state index < -0.39 is 0 Å². The summed E-state index contributed by atoms with van der Waals surface area (Å²) in [5.74, 6) is -0.153. The van der Waals surface area contributed by atoms with Gasteiger partial charge in [-0.1, -0.05) is 18.2 Å². The molecule has 0 spiro atoms. The average molecular weight is 379 g/mol. The van der Waals surface area contributed by atoms with E-state index >= 15 is 0 Å². The van der Waals surface area contributed by atoms with Gasteiger partial charge in [-0.05, 0) is 29.1 Å². The molecule has 3 aromatic heterocycles. The molecule has 0 atom stereocenters. The topological polar surface area (TPSA) is 81.8 Å². The molecule has 1 amide bonds. The maximum absolute atomic E-state index is 12.4. The molecule has 0 fully saturated rings. The predicted molar refractivity (Wildman–Crippen MR) is 105 cm³/mol. The van der Waals surface area contributed by atoms with Crippen molar-refractivity contribution in [2.45, 2.75) is 19.5 Å². The quantitative estimate of drug-likeness (QED) is 0.558. The Morgan fingerprint density at radius 2 is 2.07 bits per heavy atom. The van der Waals surface area contributed by atoms with E-state index in [4.69, 9.17) is 0 Å². The van der Waals surface area contributed by atoms with Crippen LogP contribution in [0, 0.1) is 0 Å². The molecule has 0 aliphatic heterocycles. The molecule has 3 heterocycles. The summed E-state index contributed by atoms with van der Waals surface area (Å²) in [4.78, 5) is 29.8. The Labute approximate surface area is 158 Å². The number of para-hydroxylation sites is 1. The van der Waals surface area contributed by atoms with Crippen molar-refractivity contribution in [2.75, 3.05) is 5.32 Å². The van der Waals surface area contributed by atoms with Crippen molar-refractivity contribution in [3.63, 3.8) is 0 Å². The third-order valence-corrected chi connectivity index (χ3v) is 5.03.